The van der Waals surface area contributed by atoms with Gasteiger partial charge in [0.1, 0.15) is 17.7 Å². The van der Waals surface area contributed by atoms with Gasteiger partial charge in [0.15, 0.2) is 0 Å². The molecule has 1 aromatic heterocycles. The molecular weight excluding hydrogens is 343 g/mol. The lowest BCUT2D eigenvalue weighted by atomic mass is 10.2. The Morgan fingerprint density at radius 1 is 1.08 bits per heavy atom. The lowest BCUT2D eigenvalue weighted by Crippen LogP contribution is -2.49. The number of aromatic nitrogens is 1. The smallest absolute Gasteiger partial charge is 0.218 e. The van der Waals surface area contributed by atoms with Crippen LogP contribution in [-0.4, -0.2) is 43.9 Å². The molecule has 2 aromatic rings. The zero-order valence-electron chi connectivity index (χ0n) is 13.5. The average molecular weight is 360 g/mol. The number of piperazine rings is 1. The SMILES string of the molecule is N#Cc1ccc(N2CCN(S(=O)(=O)Cc3ccc(F)cc3)CC2)nc1. The number of rotatable bonds is 4. The highest BCUT2D eigenvalue weighted by Crippen LogP contribution is 2.18. The third-order valence-corrected chi connectivity index (χ3v) is 5.95. The summed E-state index contributed by atoms with van der Waals surface area (Å²) in [7, 11) is -3.44. The fourth-order valence-corrected chi connectivity index (χ4v) is 4.23. The van der Waals surface area contributed by atoms with Crippen LogP contribution in [0.25, 0.3) is 0 Å². The molecule has 0 bridgehead atoms. The average Bonchev–Trinajstić information content (AvgIpc) is 2.64. The first-order valence-electron chi connectivity index (χ1n) is 7.81. The molecule has 0 radical (unpaired) electrons. The summed E-state index contributed by atoms with van der Waals surface area (Å²) in [4.78, 5) is 6.23. The van der Waals surface area contributed by atoms with Crippen molar-refractivity contribution in [2.24, 2.45) is 0 Å². The largest absolute Gasteiger partial charge is 0.354 e. The minimum absolute atomic E-state index is 0.137. The summed E-state index contributed by atoms with van der Waals surface area (Å²) in [6.07, 6.45) is 1.51. The Morgan fingerprint density at radius 2 is 1.76 bits per heavy atom. The summed E-state index contributed by atoms with van der Waals surface area (Å²) in [6.45, 7) is 1.79. The Kier molecular flexibility index (Phi) is 4.97. The van der Waals surface area contributed by atoms with E-state index < -0.39 is 10.0 Å². The highest BCUT2D eigenvalue weighted by molar-refractivity contribution is 7.88. The number of halogens is 1. The number of nitriles is 1. The fourth-order valence-electron chi connectivity index (χ4n) is 2.72. The molecule has 3 rings (SSSR count). The van der Waals surface area contributed by atoms with E-state index in [0.29, 0.717) is 37.3 Å². The summed E-state index contributed by atoms with van der Waals surface area (Å²) in [6, 6.07) is 11.0. The van der Waals surface area contributed by atoms with Crippen molar-refractivity contribution in [1.82, 2.24) is 9.29 Å². The molecule has 0 spiro atoms. The summed E-state index contributed by atoms with van der Waals surface area (Å²) < 4.78 is 39.4. The van der Waals surface area contributed by atoms with Crippen LogP contribution in [0.1, 0.15) is 11.1 Å². The molecule has 1 fully saturated rings. The quantitative estimate of drug-likeness (QED) is 0.830. The number of nitrogens with zero attached hydrogens (tertiary/aromatic N) is 4. The number of hydrogen-bond acceptors (Lipinski definition) is 5. The Balaban J connectivity index is 1.62. The Labute approximate surface area is 146 Å². The van der Waals surface area contributed by atoms with E-state index in [-0.39, 0.29) is 11.6 Å². The number of benzene rings is 1. The second kappa shape index (κ2) is 7.17. The van der Waals surface area contributed by atoms with Crippen molar-refractivity contribution in [1.29, 1.82) is 5.26 Å². The van der Waals surface area contributed by atoms with E-state index in [9.17, 15) is 12.8 Å². The van der Waals surface area contributed by atoms with Crippen molar-refractivity contribution < 1.29 is 12.8 Å². The molecular formula is C17H17FN4O2S. The van der Waals surface area contributed by atoms with Gasteiger partial charge in [-0.1, -0.05) is 12.1 Å². The van der Waals surface area contributed by atoms with Crippen molar-refractivity contribution in [2.75, 3.05) is 31.1 Å². The zero-order chi connectivity index (χ0) is 17.9. The van der Waals surface area contributed by atoms with E-state index in [1.807, 2.05) is 11.0 Å². The van der Waals surface area contributed by atoms with Gasteiger partial charge in [-0.25, -0.2) is 17.8 Å². The Bertz CT molecular complexity index is 868. The summed E-state index contributed by atoms with van der Waals surface area (Å²) >= 11 is 0. The van der Waals surface area contributed by atoms with Crippen LogP contribution in [0.3, 0.4) is 0 Å². The van der Waals surface area contributed by atoms with Gasteiger partial charge in [0, 0.05) is 32.4 Å². The normalized spacial score (nSPS) is 15.8. The second-order valence-corrected chi connectivity index (χ2v) is 7.75. The van der Waals surface area contributed by atoms with Crippen molar-refractivity contribution in [3.63, 3.8) is 0 Å². The lowest BCUT2D eigenvalue weighted by molar-refractivity contribution is 0.383. The van der Waals surface area contributed by atoms with Crippen LogP contribution >= 0.6 is 0 Å². The van der Waals surface area contributed by atoms with E-state index >= 15 is 0 Å². The number of pyridine rings is 1. The van der Waals surface area contributed by atoms with Crippen molar-refractivity contribution in [3.8, 4) is 6.07 Å². The highest BCUT2D eigenvalue weighted by atomic mass is 32.2. The predicted octanol–water partition coefficient (Wildman–Crippen LogP) is 1.74. The van der Waals surface area contributed by atoms with E-state index in [1.165, 1.54) is 34.8 Å². The molecule has 6 nitrogen and oxygen atoms in total. The van der Waals surface area contributed by atoms with Gasteiger partial charge in [0.25, 0.3) is 0 Å². The molecule has 1 saturated heterocycles. The van der Waals surface area contributed by atoms with E-state index in [2.05, 4.69) is 4.98 Å². The summed E-state index contributed by atoms with van der Waals surface area (Å²) in [5.41, 5.74) is 1.06. The maximum Gasteiger partial charge on any atom is 0.218 e. The van der Waals surface area contributed by atoms with Gasteiger partial charge in [-0.15, -0.1) is 0 Å². The molecule has 0 aliphatic carbocycles. The first-order valence-corrected chi connectivity index (χ1v) is 9.42. The lowest BCUT2D eigenvalue weighted by Gasteiger charge is -2.34. The fraction of sp³-hybridized carbons (Fsp3) is 0.294. The van der Waals surface area contributed by atoms with Gasteiger partial charge in [-0.2, -0.15) is 9.57 Å². The van der Waals surface area contributed by atoms with Crippen LogP contribution in [0.4, 0.5) is 10.2 Å². The topological polar surface area (TPSA) is 77.3 Å². The molecule has 1 aliphatic heterocycles. The summed E-state index contributed by atoms with van der Waals surface area (Å²) in [5.74, 6) is 0.210. The van der Waals surface area contributed by atoms with Gasteiger partial charge >= 0.3 is 0 Å². The van der Waals surface area contributed by atoms with E-state index in [4.69, 9.17) is 5.26 Å². The minimum atomic E-state index is -3.44. The van der Waals surface area contributed by atoms with Crippen LogP contribution in [0.2, 0.25) is 0 Å². The first-order chi connectivity index (χ1) is 12.0. The molecule has 25 heavy (non-hydrogen) atoms. The van der Waals surface area contributed by atoms with E-state index in [0.717, 1.165) is 5.82 Å². The first kappa shape index (κ1) is 17.3. The number of hydrogen-bond donors (Lipinski definition) is 0. The van der Waals surface area contributed by atoms with Crippen molar-refractivity contribution in [2.45, 2.75) is 5.75 Å². The van der Waals surface area contributed by atoms with Crippen LogP contribution in [0.15, 0.2) is 42.6 Å². The highest BCUT2D eigenvalue weighted by Gasteiger charge is 2.27. The van der Waals surface area contributed by atoms with Crippen LogP contribution in [0, 0.1) is 17.1 Å². The van der Waals surface area contributed by atoms with Gasteiger partial charge in [0.05, 0.1) is 11.3 Å². The van der Waals surface area contributed by atoms with Gasteiger partial charge in [-0.05, 0) is 29.8 Å². The molecule has 1 aliphatic rings. The minimum Gasteiger partial charge on any atom is -0.354 e. The second-order valence-electron chi connectivity index (χ2n) is 5.79. The van der Waals surface area contributed by atoms with E-state index in [1.54, 1.807) is 12.1 Å². The maximum atomic E-state index is 12.9. The molecule has 0 atom stereocenters. The molecule has 8 heteroatoms. The van der Waals surface area contributed by atoms with Crippen LogP contribution < -0.4 is 4.90 Å². The van der Waals surface area contributed by atoms with Crippen LogP contribution in [0.5, 0.6) is 0 Å². The standard InChI is InChI=1S/C17H17FN4O2S/c18-16-4-1-14(2-5-16)13-25(23,24)22-9-7-21(8-10-22)17-6-3-15(11-19)12-20-17/h1-6,12H,7-10,13H2. The number of sulfonamides is 1. The van der Waals surface area contributed by atoms with Gasteiger partial charge in [-0.3, -0.25) is 0 Å². The molecule has 130 valence electrons. The van der Waals surface area contributed by atoms with Crippen LogP contribution in [-0.2, 0) is 15.8 Å². The van der Waals surface area contributed by atoms with Gasteiger partial charge < -0.3 is 4.90 Å². The predicted molar refractivity (Wildman–Crippen MR) is 91.8 cm³/mol. The van der Waals surface area contributed by atoms with Gasteiger partial charge in [0.2, 0.25) is 10.0 Å². The molecule has 0 N–H and O–H groups in total. The third kappa shape index (κ3) is 4.13. The Morgan fingerprint density at radius 3 is 2.32 bits per heavy atom. The van der Waals surface area contributed by atoms with Crippen molar-refractivity contribution in [3.05, 3.63) is 59.5 Å². The molecule has 2 heterocycles. The number of anilines is 1. The maximum absolute atomic E-state index is 12.9. The molecule has 1 aromatic carbocycles. The third-order valence-electron chi connectivity index (χ3n) is 4.10. The zero-order valence-corrected chi connectivity index (χ0v) is 14.3. The summed E-state index contributed by atoms with van der Waals surface area (Å²) in [5, 5.41) is 8.80. The monoisotopic (exact) mass is 360 g/mol. The van der Waals surface area contributed by atoms with Crippen molar-refractivity contribution >= 4 is 15.8 Å². The molecule has 0 unspecified atom stereocenters. The Hall–Kier alpha value is -2.50. The molecule has 0 amide bonds. The molecule has 0 saturated carbocycles.